The van der Waals surface area contributed by atoms with Crippen LogP contribution in [0.25, 0.3) is 0 Å². The van der Waals surface area contributed by atoms with Crippen LogP contribution in [0.1, 0.15) is 34.2 Å². The average molecular weight is 363 g/mol. The monoisotopic (exact) mass is 362 g/mol. The Bertz CT molecular complexity index is 725. The van der Waals surface area contributed by atoms with E-state index < -0.39 is 0 Å². The van der Waals surface area contributed by atoms with Crippen molar-refractivity contribution in [2.75, 3.05) is 19.7 Å². The highest BCUT2D eigenvalue weighted by Crippen LogP contribution is 2.25. The molecule has 0 bridgehead atoms. The molecule has 0 saturated carbocycles. The van der Waals surface area contributed by atoms with E-state index in [1.165, 1.54) is 18.6 Å². The first-order chi connectivity index (χ1) is 12.1. The number of rotatable bonds is 8. The van der Waals surface area contributed by atoms with Gasteiger partial charge >= 0.3 is 0 Å². The minimum atomic E-state index is -0.294. The van der Waals surface area contributed by atoms with Crippen molar-refractivity contribution < 1.29 is 14.3 Å². The van der Waals surface area contributed by atoms with E-state index in [9.17, 15) is 9.59 Å². The first-order valence-corrected chi connectivity index (χ1v) is 8.24. The SMILES string of the molecule is CCOc1ccc(C(=O)NCCCNC(=O)c2cnccn2)cc1Cl. The number of ether oxygens (including phenoxy) is 1. The van der Waals surface area contributed by atoms with Gasteiger partial charge in [0.25, 0.3) is 11.8 Å². The number of carbonyl (C=O) groups excluding carboxylic acids is 2. The van der Waals surface area contributed by atoms with Crippen LogP contribution >= 0.6 is 11.6 Å². The normalized spacial score (nSPS) is 10.2. The first-order valence-electron chi connectivity index (χ1n) is 7.86. The summed E-state index contributed by atoms with van der Waals surface area (Å²) in [7, 11) is 0. The third kappa shape index (κ3) is 5.72. The molecule has 1 heterocycles. The zero-order chi connectivity index (χ0) is 18.1. The van der Waals surface area contributed by atoms with Crippen molar-refractivity contribution in [2.24, 2.45) is 0 Å². The lowest BCUT2D eigenvalue weighted by atomic mass is 10.2. The van der Waals surface area contributed by atoms with Crippen molar-refractivity contribution in [3.05, 3.63) is 53.1 Å². The summed E-state index contributed by atoms with van der Waals surface area (Å²) in [5.74, 6) is 0.0235. The van der Waals surface area contributed by atoms with Gasteiger partial charge in [-0.1, -0.05) is 11.6 Å². The zero-order valence-electron chi connectivity index (χ0n) is 13.8. The predicted octanol–water partition coefficient (Wildman–Crippen LogP) is 2.08. The number of hydrogen-bond acceptors (Lipinski definition) is 5. The Morgan fingerprint density at radius 1 is 1.16 bits per heavy atom. The van der Waals surface area contributed by atoms with Gasteiger partial charge in [0, 0.05) is 31.0 Å². The fourth-order valence-corrected chi connectivity index (χ4v) is 2.25. The Hall–Kier alpha value is -2.67. The minimum absolute atomic E-state index is 0.231. The molecule has 1 aromatic heterocycles. The van der Waals surface area contributed by atoms with Crippen LogP contribution in [-0.2, 0) is 0 Å². The highest BCUT2D eigenvalue weighted by atomic mass is 35.5. The van der Waals surface area contributed by atoms with Crippen LogP contribution in [-0.4, -0.2) is 41.5 Å². The van der Waals surface area contributed by atoms with E-state index in [-0.39, 0.29) is 17.5 Å². The van der Waals surface area contributed by atoms with E-state index in [0.717, 1.165) is 0 Å². The third-order valence-electron chi connectivity index (χ3n) is 3.21. The number of halogens is 1. The lowest BCUT2D eigenvalue weighted by Crippen LogP contribution is -2.30. The largest absolute Gasteiger partial charge is 0.492 e. The van der Waals surface area contributed by atoms with Crippen molar-refractivity contribution in [3.63, 3.8) is 0 Å². The van der Waals surface area contributed by atoms with Crippen molar-refractivity contribution in [1.29, 1.82) is 0 Å². The van der Waals surface area contributed by atoms with Gasteiger partial charge in [0.05, 0.1) is 17.8 Å². The summed E-state index contributed by atoms with van der Waals surface area (Å²) in [6, 6.07) is 4.89. The van der Waals surface area contributed by atoms with Crippen LogP contribution in [0.3, 0.4) is 0 Å². The molecule has 7 nitrogen and oxygen atoms in total. The Labute approximate surface area is 150 Å². The molecular formula is C17H19ClN4O3. The number of nitrogens with zero attached hydrogens (tertiary/aromatic N) is 2. The standard InChI is InChI=1S/C17H19ClN4O3/c1-2-25-15-5-4-12(10-13(15)18)16(23)21-6-3-7-22-17(24)14-11-19-8-9-20-14/h4-5,8-11H,2-3,6-7H2,1H3,(H,21,23)(H,22,24). The molecule has 0 saturated heterocycles. The first kappa shape index (κ1) is 18.7. The fraction of sp³-hybridized carbons (Fsp3) is 0.294. The smallest absolute Gasteiger partial charge is 0.271 e. The van der Waals surface area contributed by atoms with Crippen LogP contribution in [0.15, 0.2) is 36.8 Å². The van der Waals surface area contributed by atoms with Gasteiger partial charge in [0.1, 0.15) is 11.4 Å². The number of benzene rings is 1. The maximum atomic E-state index is 12.1. The molecule has 132 valence electrons. The van der Waals surface area contributed by atoms with E-state index in [2.05, 4.69) is 20.6 Å². The molecule has 1 aromatic carbocycles. The van der Waals surface area contributed by atoms with E-state index in [1.807, 2.05) is 6.92 Å². The van der Waals surface area contributed by atoms with Crippen LogP contribution in [0.4, 0.5) is 0 Å². The Kier molecular flexibility index (Phi) is 7.16. The van der Waals surface area contributed by atoms with Gasteiger partial charge in [0.15, 0.2) is 0 Å². The summed E-state index contributed by atoms with van der Waals surface area (Å²) in [6.45, 7) is 3.20. The Morgan fingerprint density at radius 3 is 2.56 bits per heavy atom. The molecule has 8 heteroatoms. The third-order valence-corrected chi connectivity index (χ3v) is 3.51. The molecule has 0 spiro atoms. The molecule has 0 unspecified atom stereocenters. The molecule has 0 aliphatic rings. The van der Waals surface area contributed by atoms with E-state index in [1.54, 1.807) is 18.2 Å². The molecule has 0 aliphatic heterocycles. The highest BCUT2D eigenvalue weighted by Gasteiger charge is 2.09. The van der Waals surface area contributed by atoms with E-state index >= 15 is 0 Å². The van der Waals surface area contributed by atoms with Crippen molar-refractivity contribution in [1.82, 2.24) is 20.6 Å². The number of carbonyl (C=O) groups is 2. The summed E-state index contributed by atoms with van der Waals surface area (Å²) in [5, 5.41) is 5.88. The number of aromatic nitrogens is 2. The van der Waals surface area contributed by atoms with E-state index in [4.69, 9.17) is 16.3 Å². The molecule has 25 heavy (non-hydrogen) atoms. The Morgan fingerprint density at radius 2 is 1.92 bits per heavy atom. The van der Waals surface area contributed by atoms with E-state index in [0.29, 0.717) is 42.5 Å². The summed E-state index contributed by atoms with van der Waals surface area (Å²) >= 11 is 6.07. The maximum absolute atomic E-state index is 12.1. The van der Waals surface area contributed by atoms with Gasteiger partial charge < -0.3 is 15.4 Å². The summed E-state index contributed by atoms with van der Waals surface area (Å²) in [6.07, 6.45) is 4.94. The molecule has 0 radical (unpaired) electrons. The Balaban J connectivity index is 1.72. The fourth-order valence-electron chi connectivity index (χ4n) is 2.02. The molecule has 0 fully saturated rings. The van der Waals surface area contributed by atoms with Crippen molar-refractivity contribution in [3.8, 4) is 5.75 Å². The van der Waals surface area contributed by atoms with Crippen LogP contribution in [0.5, 0.6) is 5.75 Å². The highest BCUT2D eigenvalue weighted by molar-refractivity contribution is 6.32. The molecule has 0 atom stereocenters. The molecule has 2 rings (SSSR count). The molecule has 2 aromatic rings. The lowest BCUT2D eigenvalue weighted by molar-refractivity contribution is 0.0947. The molecule has 0 aliphatic carbocycles. The van der Waals surface area contributed by atoms with Crippen molar-refractivity contribution in [2.45, 2.75) is 13.3 Å². The zero-order valence-corrected chi connectivity index (χ0v) is 14.5. The van der Waals surface area contributed by atoms with Crippen LogP contribution in [0, 0.1) is 0 Å². The topological polar surface area (TPSA) is 93.2 Å². The molecule has 2 N–H and O–H groups in total. The summed E-state index contributed by atoms with van der Waals surface area (Å²) in [4.78, 5) is 31.6. The van der Waals surface area contributed by atoms with Gasteiger partial charge in [-0.2, -0.15) is 0 Å². The minimum Gasteiger partial charge on any atom is -0.492 e. The van der Waals surface area contributed by atoms with Crippen LogP contribution < -0.4 is 15.4 Å². The second-order valence-corrected chi connectivity index (χ2v) is 5.44. The maximum Gasteiger partial charge on any atom is 0.271 e. The van der Waals surface area contributed by atoms with Gasteiger partial charge in [-0.15, -0.1) is 0 Å². The average Bonchev–Trinajstić information content (AvgIpc) is 2.63. The quantitative estimate of drug-likeness (QED) is 0.701. The summed E-state index contributed by atoms with van der Waals surface area (Å²) in [5.41, 5.74) is 0.715. The van der Waals surface area contributed by atoms with Crippen LogP contribution in [0.2, 0.25) is 5.02 Å². The predicted molar refractivity (Wildman–Crippen MR) is 93.9 cm³/mol. The van der Waals surface area contributed by atoms with Gasteiger partial charge in [0.2, 0.25) is 0 Å². The lowest BCUT2D eigenvalue weighted by Gasteiger charge is -2.09. The number of amides is 2. The second-order valence-electron chi connectivity index (χ2n) is 5.03. The van der Waals surface area contributed by atoms with Crippen molar-refractivity contribution >= 4 is 23.4 Å². The number of hydrogen-bond donors (Lipinski definition) is 2. The van der Waals surface area contributed by atoms with Gasteiger partial charge in [-0.25, -0.2) is 4.98 Å². The van der Waals surface area contributed by atoms with Gasteiger partial charge in [-0.3, -0.25) is 14.6 Å². The summed E-state index contributed by atoms with van der Waals surface area (Å²) < 4.78 is 5.33. The molecule has 2 amide bonds. The van der Waals surface area contributed by atoms with Gasteiger partial charge in [-0.05, 0) is 31.5 Å². The number of nitrogens with one attached hydrogen (secondary N) is 2. The molecular weight excluding hydrogens is 344 g/mol. The second kappa shape index (κ2) is 9.58.